The molecule has 2 bridgehead atoms. The standard InChI is InChI=1S/C19H23FN4O.ClH/c1-2-18-17(12-22-24(18)15-5-3-13(20)4-6-15)19(25)23-14-7-8-16(23)11-21-10-9-14;/h3-6,12,14,16,21H,2,7-11H2,1H3;1H. The highest BCUT2D eigenvalue weighted by Gasteiger charge is 2.39. The van der Waals surface area contributed by atoms with Crippen LogP contribution in [0.5, 0.6) is 0 Å². The molecule has 1 amide bonds. The van der Waals surface area contributed by atoms with Gasteiger partial charge in [-0.05, 0) is 56.5 Å². The first-order valence-corrected chi connectivity index (χ1v) is 9.05. The van der Waals surface area contributed by atoms with E-state index in [1.165, 1.54) is 12.1 Å². The van der Waals surface area contributed by atoms with Crippen molar-refractivity contribution in [2.75, 3.05) is 13.1 Å². The molecule has 2 aliphatic heterocycles. The predicted octanol–water partition coefficient (Wildman–Crippen LogP) is 2.96. The van der Waals surface area contributed by atoms with Gasteiger partial charge in [-0.1, -0.05) is 6.92 Å². The molecule has 1 aromatic carbocycles. The first kappa shape index (κ1) is 18.9. The van der Waals surface area contributed by atoms with E-state index in [4.69, 9.17) is 0 Å². The van der Waals surface area contributed by atoms with Gasteiger partial charge in [-0.25, -0.2) is 9.07 Å². The SMILES string of the molecule is CCc1c(C(=O)N2C3CCNCC2CC3)cnn1-c1ccc(F)cc1.Cl. The average Bonchev–Trinajstić information content (AvgIpc) is 3.14. The molecule has 26 heavy (non-hydrogen) atoms. The highest BCUT2D eigenvalue weighted by molar-refractivity contribution is 5.96. The first-order chi connectivity index (χ1) is 12.2. The Bertz CT molecular complexity index is 762. The normalized spacial score (nSPS) is 22.0. The molecule has 5 nitrogen and oxygen atoms in total. The molecule has 3 heterocycles. The molecule has 2 aromatic rings. The molecule has 2 aliphatic rings. The number of nitrogens with one attached hydrogen (secondary N) is 1. The monoisotopic (exact) mass is 378 g/mol. The number of hydrogen-bond acceptors (Lipinski definition) is 3. The van der Waals surface area contributed by atoms with Crippen LogP contribution in [-0.2, 0) is 6.42 Å². The van der Waals surface area contributed by atoms with E-state index in [-0.39, 0.29) is 30.2 Å². The summed E-state index contributed by atoms with van der Waals surface area (Å²) in [4.78, 5) is 15.4. The van der Waals surface area contributed by atoms with Gasteiger partial charge in [-0.2, -0.15) is 5.10 Å². The Morgan fingerprint density at radius 1 is 1.23 bits per heavy atom. The van der Waals surface area contributed by atoms with Crippen molar-refractivity contribution in [3.05, 3.63) is 47.5 Å². The third kappa shape index (κ3) is 3.23. The second kappa shape index (κ2) is 7.76. The van der Waals surface area contributed by atoms with Crippen LogP contribution in [0.4, 0.5) is 4.39 Å². The minimum atomic E-state index is -0.279. The van der Waals surface area contributed by atoms with Crippen LogP contribution < -0.4 is 5.32 Å². The number of carbonyl (C=O) groups is 1. The molecule has 1 N–H and O–H groups in total. The summed E-state index contributed by atoms with van der Waals surface area (Å²) in [5.74, 6) is -0.194. The van der Waals surface area contributed by atoms with Crippen LogP contribution in [0.15, 0.2) is 30.5 Å². The van der Waals surface area contributed by atoms with Crippen molar-refractivity contribution in [2.45, 2.75) is 44.7 Å². The maximum Gasteiger partial charge on any atom is 0.257 e. The molecule has 2 unspecified atom stereocenters. The summed E-state index contributed by atoms with van der Waals surface area (Å²) in [7, 11) is 0. The highest BCUT2D eigenvalue weighted by atomic mass is 35.5. The summed E-state index contributed by atoms with van der Waals surface area (Å²) < 4.78 is 15.0. The smallest absolute Gasteiger partial charge is 0.257 e. The quantitative estimate of drug-likeness (QED) is 0.893. The number of benzene rings is 1. The topological polar surface area (TPSA) is 50.2 Å². The molecular formula is C19H24ClFN4O. The van der Waals surface area contributed by atoms with Crippen molar-refractivity contribution in [3.63, 3.8) is 0 Å². The Kier molecular flexibility index (Phi) is 5.63. The van der Waals surface area contributed by atoms with Crippen LogP contribution in [-0.4, -0.2) is 45.8 Å². The molecule has 0 aliphatic carbocycles. The van der Waals surface area contributed by atoms with Gasteiger partial charge in [0.1, 0.15) is 5.82 Å². The van der Waals surface area contributed by atoms with E-state index in [0.29, 0.717) is 18.0 Å². The zero-order chi connectivity index (χ0) is 17.4. The summed E-state index contributed by atoms with van der Waals surface area (Å²) in [6.45, 7) is 3.86. The Morgan fingerprint density at radius 2 is 1.96 bits per heavy atom. The van der Waals surface area contributed by atoms with Crippen LogP contribution in [0.1, 0.15) is 42.2 Å². The highest BCUT2D eigenvalue weighted by Crippen LogP contribution is 2.30. The van der Waals surface area contributed by atoms with Gasteiger partial charge in [0.25, 0.3) is 5.91 Å². The zero-order valence-electron chi connectivity index (χ0n) is 14.8. The van der Waals surface area contributed by atoms with E-state index in [1.54, 1.807) is 23.0 Å². The minimum absolute atomic E-state index is 0. The summed E-state index contributed by atoms with van der Waals surface area (Å²) in [5.41, 5.74) is 2.33. The van der Waals surface area contributed by atoms with Gasteiger partial charge in [0.15, 0.2) is 0 Å². The van der Waals surface area contributed by atoms with Crippen molar-refractivity contribution < 1.29 is 9.18 Å². The lowest BCUT2D eigenvalue weighted by Gasteiger charge is -2.28. The van der Waals surface area contributed by atoms with Crippen LogP contribution in [0, 0.1) is 5.82 Å². The molecule has 2 fully saturated rings. The van der Waals surface area contributed by atoms with E-state index >= 15 is 0 Å². The van der Waals surface area contributed by atoms with E-state index in [2.05, 4.69) is 15.3 Å². The van der Waals surface area contributed by atoms with Gasteiger partial charge in [0.05, 0.1) is 23.1 Å². The van der Waals surface area contributed by atoms with Crippen molar-refractivity contribution in [1.29, 1.82) is 0 Å². The third-order valence-corrected chi connectivity index (χ3v) is 5.39. The number of hydrogen-bond donors (Lipinski definition) is 1. The fraction of sp³-hybridized carbons (Fsp3) is 0.474. The number of aromatic nitrogens is 2. The summed E-state index contributed by atoms with van der Waals surface area (Å²) >= 11 is 0. The Labute approximate surface area is 159 Å². The number of amides is 1. The second-order valence-electron chi connectivity index (χ2n) is 6.84. The van der Waals surface area contributed by atoms with Gasteiger partial charge >= 0.3 is 0 Å². The molecule has 140 valence electrons. The van der Waals surface area contributed by atoms with E-state index in [0.717, 1.165) is 43.7 Å². The van der Waals surface area contributed by atoms with Crippen molar-refractivity contribution in [1.82, 2.24) is 20.0 Å². The summed E-state index contributed by atoms with van der Waals surface area (Å²) in [5, 5.41) is 7.86. The van der Waals surface area contributed by atoms with Gasteiger partial charge < -0.3 is 10.2 Å². The molecule has 4 rings (SSSR count). The largest absolute Gasteiger partial charge is 0.331 e. The van der Waals surface area contributed by atoms with Crippen molar-refractivity contribution in [3.8, 4) is 5.69 Å². The number of carbonyl (C=O) groups excluding carboxylic acids is 1. The average molecular weight is 379 g/mol. The Hall–Kier alpha value is -1.92. The minimum Gasteiger partial charge on any atom is -0.331 e. The molecule has 0 saturated carbocycles. The first-order valence-electron chi connectivity index (χ1n) is 9.05. The number of fused-ring (bicyclic) bond motifs is 2. The second-order valence-corrected chi connectivity index (χ2v) is 6.84. The fourth-order valence-corrected chi connectivity index (χ4v) is 4.15. The third-order valence-electron chi connectivity index (χ3n) is 5.39. The molecular weight excluding hydrogens is 355 g/mol. The van der Waals surface area contributed by atoms with Crippen LogP contribution in [0.2, 0.25) is 0 Å². The molecule has 2 atom stereocenters. The van der Waals surface area contributed by atoms with Gasteiger partial charge in [-0.3, -0.25) is 4.79 Å². The van der Waals surface area contributed by atoms with Crippen molar-refractivity contribution in [2.24, 2.45) is 0 Å². The molecule has 0 radical (unpaired) electrons. The van der Waals surface area contributed by atoms with E-state index in [9.17, 15) is 9.18 Å². The Morgan fingerprint density at radius 3 is 2.69 bits per heavy atom. The number of halogens is 2. The maximum absolute atomic E-state index is 13.3. The van der Waals surface area contributed by atoms with Gasteiger partial charge in [-0.15, -0.1) is 12.4 Å². The molecule has 2 saturated heterocycles. The summed E-state index contributed by atoms with van der Waals surface area (Å²) in [6.07, 6.45) is 5.53. The van der Waals surface area contributed by atoms with E-state index < -0.39 is 0 Å². The number of rotatable bonds is 3. The number of nitrogens with zero attached hydrogens (tertiary/aromatic N) is 3. The van der Waals surface area contributed by atoms with E-state index in [1.807, 2.05) is 6.92 Å². The zero-order valence-corrected chi connectivity index (χ0v) is 15.6. The van der Waals surface area contributed by atoms with Crippen LogP contribution in [0.3, 0.4) is 0 Å². The summed E-state index contributed by atoms with van der Waals surface area (Å²) in [6, 6.07) is 6.81. The molecule has 1 aromatic heterocycles. The van der Waals surface area contributed by atoms with Crippen LogP contribution in [0.25, 0.3) is 5.69 Å². The lowest BCUT2D eigenvalue weighted by atomic mass is 10.1. The molecule has 0 spiro atoms. The van der Waals surface area contributed by atoms with Gasteiger partial charge in [0, 0.05) is 18.6 Å². The molecule has 7 heteroatoms. The predicted molar refractivity (Wildman–Crippen MR) is 101 cm³/mol. The fourth-order valence-electron chi connectivity index (χ4n) is 4.15. The Balaban J connectivity index is 0.00000196. The lowest BCUT2D eigenvalue weighted by molar-refractivity contribution is 0.0679. The van der Waals surface area contributed by atoms with Crippen molar-refractivity contribution >= 4 is 18.3 Å². The van der Waals surface area contributed by atoms with Crippen LogP contribution >= 0.6 is 12.4 Å². The van der Waals surface area contributed by atoms with Gasteiger partial charge in [0.2, 0.25) is 0 Å². The lowest BCUT2D eigenvalue weighted by Crippen LogP contribution is -2.42. The maximum atomic E-state index is 13.3.